The fourth-order valence-electron chi connectivity index (χ4n) is 1.23. The summed E-state index contributed by atoms with van der Waals surface area (Å²) in [6.07, 6.45) is -2.13. The summed E-state index contributed by atoms with van der Waals surface area (Å²) in [4.78, 5) is 0. The third-order valence-electron chi connectivity index (χ3n) is 2.36. The van der Waals surface area contributed by atoms with E-state index >= 15 is 0 Å². The van der Waals surface area contributed by atoms with Gasteiger partial charge in [0.15, 0.2) is 6.34 Å². The van der Waals surface area contributed by atoms with Gasteiger partial charge in [-0.1, -0.05) is 30.3 Å². The standard InChI is InChI=1S/C10H13N4PS/c1-8-9(2)12-14-15(16,13-11-8)10-6-4-3-5-7-10/h3-7H,1-2H3,(H2,13,14,16). The Hall–Kier alpha value is -1.19. The summed E-state index contributed by atoms with van der Waals surface area (Å²) in [6, 6.07) is 9.87. The van der Waals surface area contributed by atoms with Crippen molar-refractivity contribution in [2.75, 3.05) is 0 Å². The summed E-state index contributed by atoms with van der Waals surface area (Å²) in [6.45, 7) is 3.81. The summed E-state index contributed by atoms with van der Waals surface area (Å²) >= 11 is 5.59. The lowest BCUT2D eigenvalue weighted by Gasteiger charge is -2.19. The van der Waals surface area contributed by atoms with Gasteiger partial charge in [-0.3, -0.25) is 10.4 Å². The average molecular weight is 252 g/mol. The minimum atomic E-state index is -2.13. The van der Waals surface area contributed by atoms with Gasteiger partial charge in [0.2, 0.25) is 0 Å². The Morgan fingerprint density at radius 1 is 1.00 bits per heavy atom. The number of hydrazone groups is 2. The quantitative estimate of drug-likeness (QED) is 0.746. The van der Waals surface area contributed by atoms with Gasteiger partial charge in [-0.15, -0.1) is 0 Å². The smallest absolute Gasteiger partial charge is 0.179 e. The van der Waals surface area contributed by atoms with Gasteiger partial charge in [0.1, 0.15) is 0 Å². The van der Waals surface area contributed by atoms with E-state index in [0.29, 0.717) is 0 Å². The van der Waals surface area contributed by atoms with E-state index in [9.17, 15) is 0 Å². The number of hydrogen-bond donors (Lipinski definition) is 2. The Bertz CT molecular complexity index is 471. The van der Waals surface area contributed by atoms with Gasteiger partial charge in [-0.2, -0.15) is 10.2 Å². The maximum Gasteiger partial charge on any atom is 0.179 e. The number of hydrogen-bond acceptors (Lipinski definition) is 3. The van der Waals surface area contributed by atoms with Crippen LogP contribution in [-0.2, 0) is 11.8 Å². The van der Waals surface area contributed by atoms with Gasteiger partial charge in [0, 0.05) is 5.30 Å². The highest BCUT2D eigenvalue weighted by atomic mass is 32.4. The maximum absolute atomic E-state index is 5.59. The SMILES string of the molecule is CC1=NNP(=S)(c2ccccc2)NN=C1C. The molecule has 1 aliphatic heterocycles. The first-order valence-corrected chi connectivity index (χ1v) is 7.71. The molecule has 0 unspecified atom stereocenters. The second-order valence-corrected chi connectivity index (χ2v) is 7.32. The van der Waals surface area contributed by atoms with E-state index in [2.05, 4.69) is 20.6 Å². The van der Waals surface area contributed by atoms with Crippen molar-refractivity contribution < 1.29 is 0 Å². The van der Waals surface area contributed by atoms with Crippen molar-refractivity contribution in [1.29, 1.82) is 0 Å². The number of benzene rings is 1. The second-order valence-electron chi connectivity index (χ2n) is 3.54. The van der Waals surface area contributed by atoms with Crippen LogP contribution in [0, 0.1) is 0 Å². The van der Waals surface area contributed by atoms with E-state index in [1.807, 2.05) is 44.2 Å². The Balaban J connectivity index is 2.39. The first-order valence-electron chi connectivity index (χ1n) is 4.91. The van der Waals surface area contributed by atoms with Crippen LogP contribution in [0.4, 0.5) is 0 Å². The van der Waals surface area contributed by atoms with Gasteiger partial charge in [0.25, 0.3) is 0 Å². The number of nitrogens with one attached hydrogen (secondary N) is 2. The molecule has 0 saturated heterocycles. The molecule has 0 atom stereocenters. The van der Waals surface area contributed by atoms with Crippen molar-refractivity contribution >= 4 is 34.9 Å². The predicted molar refractivity (Wildman–Crippen MR) is 72.9 cm³/mol. The molecular weight excluding hydrogens is 239 g/mol. The van der Waals surface area contributed by atoms with Crippen LogP contribution in [0.15, 0.2) is 40.5 Å². The fraction of sp³-hybridized carbons (Fsp3) is 0.200. The van der Waals surface area contributed by atoms with Crippen molar-refractivity contribution in [2.45, 2.75) is 13.8 Å². The van der Waals surface area contributed by atoms with E-state index in [-0.39, 0.29) is 0 Å². The topological polar surface area (TPSA) is 48.8 Å². The predicted octanol–water partition coefficient (Wildman–Crippen LogP) is 1.57. The molecule has 2 N–H and O–H groups in total. The van der Waals surface area contributed by atoms with Crippen LogP contribution in [0.5, 0.6) is 0 Å². The van der Waals surface area contributed by atoms with Crippen molar-refractivity contribution in [3.63, 3.8) is 0 Å². The van der Waals surface area contributed by atoms with Crippen molar-refractivity contribution in [2.24, 2.45) is 10.2 Å². The average Bonchev–Trinajstić information content (AvgIpc) is 2.45. The van der Waals surface area contributed by atoms with E-state index in [1.54, 1.807) is 0 Å². The summed E-state index contributed by atoms with van der Waals surface area (Å²) in [7, 11) is 0. The first kappa shape index (κ1) is 11.3. The van der Waals surface area contributed by atoms with Crippen LogP contribution in [0.2, 0.25) is 0 Å². The zero-order chi connectivity index (χ0) is 11.6. The molecule has 0 aromatic heterocycles. The molecule has 0 spiro atoms. The van der Waals surface area contributed by atoms with Crippen LogP contribution in [-0.4, -0.2) is 11.4 Å². The summed E-state index contributed by atoms with van der Waals surface area (Å²) in [5, 5.41) is 15.6. The molecule has 0 saturated carbocycles. The molecule has 1 aliphatic rings. The third kappa shape index (κ3) is 2.15. The van der Waals surface area contributed by atoms with Gasteiger partial charge < -0.3 is 0 Å². The van der Waals surface area contributed by atoms with Crippen molar-refractivity contribution in [1.82, 2.24) is 10.4 Å². The fourth-order valence-corrected chi connectivity index (χ4v) is 3.29. The van der Waals surface area contributed by atoms with Crippen molar-refractivity contribution in [3.05, 3.63) is 30.3 Å². The van der Waals surface area contributed by atoms with Crippen LogP contribution < -0.4 is 15.7 Å². The molecule has 1 heterocycles. The molecule has 1 aromatic rings. The molecule has 0 aliphatic carbocycles. The van der Waals surface area contributed by atoms with Crippen LogP contribution in [0.3, 0.4) is 0 Å². The molecule has 0 radical (unpaired) electrons. The molecule has 16 heavy (non-hydrogen) atoms. The van der Waals surface area contributed by atoms with E-state index < -0.39 is 6.34 Å². The van der Waals surface area contributed by atoms with Gasteiger partial charge in [-0.05, 0) is 25.7 Å². The van der Waals surface area contributed by atoms with Gasteiger partial charge in [-0.25, -0.2) is 0 Å². The van der Waals surface area contributed by atoms with Crippen LogP contribution >= 0.6 is 6.34 Å². The summed E-state index contributed by atoms with van der Waals surface area (Å²) in [5.74, 6) is 0. The molecule has 0 amide bonds. The molecular formula is C10H13N4PS. The van der Waals surface area contributed by atoms with Gasteiger partial charge >= 0.3 is 0 Å². The Labute approximate surface area is 99.9 Å². The zero-order valence-corrected chi connectivity index (χ0v) is 10.8. The molecule has 4 nitrogen and oxygen atoms in total. The summed E-state index contributed by atoms with van der Waals surface area (Å²) < 4.78 is 0. The largest absolute Gasteiger partial charge is 0.259 e. The lowest BCUT2D eigenvalue weighted by atomic mass is 10.3. The summed E-state index contributed by atoms with van der Waals surface area (Å²) in [5.41, 5.74) is 1.71. The minimum absolute atomic E-state index is 0.857. The highest BCUT2D eigenvalue weighted by Gasteiger charge is 2.20. The minimum Gasteiger partial charge on any atom is -0.259 e. The number of rotatable bonds is 1. The highest BCUT2D eigenvalue weighted by molar-refractivity contribution is 8.16. The Morgan fingerprint density at radius 3 is 2.00 bits per heavy atom. The Kier molecular flexibility index (Phi) is 3.08. The van der Waals surface area contributed by atoms with E-state index in [1.165, 1.54) is 0 Å². The molecule has 1 aromatic carbocycles. The molecule has 84 valence electrons. The number of nitrogens with zero attached hydrogens (tertiary/aromatic N) is 2. The monoisotopic (exact) mass is 252 g/mol. The highest BCUT2D eigenvalue weighted by Crippen LogP contribution is 2.35. The van der Waals surface area contributed by atoms with Crippen LogP contribution in [0.25, 0.3) is 0 Å². The first-order chi connectivity index (χ1) is 7.62. The van der Waals surface area contributed by atoms with E-state index in [0.717, 1.165) is 16.7 Å². The Morgan fingerprint density at radius 2 is 1.50 bits per heavy atom. The molecule has 0 bridgehead atoms. The second kappa shape index (κ2) is 4.36. The van der Waals surface area contributed by atoms with Crippen molar-refractivity contribution in [3.8, 4) is 0 Å². The zero-order valence-electron chi connectivity index (χ0n) is 9.14. The lowest BCUT2D eigenvalue weighted by Crippen LogP contribution is -2.22. The lowest BCUT2D eigenvalue weighted by molar-refractivity contribution is 1.03. The molecule has 2 rings (SSSR count). The molecule has 0 fully saturated rings. The maximum atomic E-state index is 5.59. The van der Waals surface area contributed by atoms with Crippen LogP contribution in [0.1, 0.15) is 13.8 Å². The van der Waals surface area contributed by atoms with Gasteiger partial charge in [0.05, 0.1) is 11.4 Å². The third-order valence-corrected chi connectivity index (χ3v) is 5.27. The molecule has 6 heteroatoms. The van der Waals surface area contributed by atoms with E-state index in [4.69, 9.17) is 11.8 Å². The normalized spacial score (nSPS) is 18.6.